The molecule has 0 aromatic heterocycles. The Hall–Kier alpha value is -0.643. The Morgan fingerprint density at radius 3 is 2.38 bits per heavy atom. The zero-order valence-electron chi connectivity index (χ0n) is 10.6. The molecule has 2 nitrogen and oxygen atoms in total. The molecule has 0 unspecified atom stereocenters. The van der Waals surface area contributed by atoms with Crippen LogP contribution in [0.5, 0.6) is 0 Å². The highest BCUT2D eigenvalue weighted by Gasteiger charge is 2.28. The van der Waals surface area contributed by atoms with Crippen LogP contribution < -0.4 is 5.19 Å². The number of hydrogen-bond acceptors (Lipinski definition) is 2. The molecule has 2 rings (SSSR count). The molecule has 88 valence electrons. The van der Waals surface area contributed by atoms with Crippen LogP contribution in [0, 0.1) is 0 Å². The fourth-order valence-corrected chi connectivity index (χ4v) is 5.12. The minimum atomic E-state index is -1.27. The van der Waals surface area contributed by atoms with Crippen LogP contribution >= 0.6 is 0 Å². The molecule has 1 aromatic carbocycles. The first-order chi connectivity index (χ1) is 7.58. The molecule has 0 bridgehead atoms. The van der Waals surface area contributed by atoms with Gasteiger partial charge in [0.15, 0.2) is 0 Å². The van der Waals surface area contributed by atoms with Crippen LogP contribution in [0.3, 0.4) is 0 Å². The first-order valence-corrected chi connectivity index (χ1v) is 9.25. The van der Waals surface area contributed by atoms with Crippen molar-refractivity contribution in [3.8, 4) is 0 Å². The minimum Gasteiger partial charge on any atom is -0.292 e. The molecule has 0 N–H and O–H groups in total. The standard InChI is InChI=1S/C13H22N2Si/c1-14-9-10-15(11-14)12-16(2,3)13-7-5-4-6-8-13/h4-8H,9-12H2,1-3H3. The molecule has 0 amide bonds. The summed E-state index contributed by atoms with van der Waals surface area (Å²) >= 11 is 0. The van der Waals surface area contributed by atoms with Gasteiger partial charge in [0.2, 0.25) is 0 Å². The zero-order valence-corrected chi connectivity index (χ0v) is 11.6. The second kappa shape index (κ2) is 4.70. The second-order valence-corrected chi connectivity index (χ2v) is 10.2. The van der Waals surface area contributed by atoms with Gasteiger partial charge in [0.25, 0.3) is 0 Å². The first-order valence-electron chi connectivity index (χ1n) is 6.04. The Morgan fingerprint density at radius 1 is 1.12 bits per heavy atom. The van der Waals surface area contributed by atoms with E-state index in [2.05, 4.69) is 60.3 Å². The van der Waals surface area contributed by atoms with Crippen molar-refractivity contribution in [1.82, 2.24) is 9.80 Å². The van der Waals surface area contributed by atoms with E-state index in [1.54, 1.807) is 5.19 Å². The van der Waals surface area contributed by atoms with Gasteiger partial charge in [-0.25, -0.2) is 0 Å². The Labute approximate surface area is 99.9 Å². The summed E-state index contributed by atoms with van der Waals surface area (Å²) < 4.78 is 0. The van der Waals surface area contributed by atoms with E-state index < -0.39 is 8.07 Å². The van der Waals surface area contributed by atoms with Gasteiger partial charge in [0, 0.05) is 13.1 Å². The molecule has 1 fully saturated rings. The molecule has 3 heteroatoms. The van der Waals surface area contributed by atoms with Crippen LogP contribution in [0.4, 0.5) is 0 Å². The van der Waals surface area contributed by atoms with Crippen LogP contribution in [-0.2, 0) is 0 Å². The molecule has 0 spiro atoms. The highest BCUT2D eigenvalue weighted by molar-refractivity contribution is 6.89. The number of benzene rings is 1. The van der Waals surface area contributed by atoms with Crippen LogP contribution in [0.1, 0.15) is 0 Å². The van der Waals surface area contributed by atoms with E-state index in [1.807, 2.05) is 0 Å². The number of hydrogen-bond donors (Lipinski definition) is 0. The monoisotopic (exact) mass is 234 g/mol. The Balaban J connectivity index is 2.03. The van der Waals surface area contributed by atoms with Gasteiger partial charge in [-0.05, 0) is 13.2 Å². The normalized spacial score (nSPS) is 19.2. The average molecular weight is 234 g/mol. The smallest absolute Gasteiger partial charge is 0.0949 e. The summed E-state index contributed by atoms with van der Waals surface area (Å²) in [7, 11) is 0.931. The SMILES string of the molecule is CN1CCN(C[Si](C)(C)c2ccccc2)C1. The average Bonchev–Trinajstić information content (AvgIpc) is 2.64. The summed E-state index contributed by atoms with van der Waals surface area (Å²) in [5.74, 6) is 0. The second-order valence-electron chi connectivity index (χ2n) is 5.52. The lowest BCUT2D eigenvalue weighted by Gasteiger charge is -2.28. The Morgan fingerprint density at radius 2 is 1.81 bits per heavy atom. The van der Waals surface area contributed by atoms with Gasteiger partial charge in [-0.15, -0.1) is 0 Å². The van der Waals surface area contributed by atoms with Gasteiger partial charge < -0.3 is 0 Å². The maximum Gasteiger partial charge on any atom is 0.0949 e. The van der Waals surface area contributed by atoms with Gasteiger partial charge in [0.05, 0.1) is 14.7 Å². The quantitative estimate of drug-likeness (QED) is 0.729. The fourth-order valence-electron chi connectivity index (χ4n) is 2.46. The number of likely N-dealkylation sites (N-methyl/N-ethyl adjacent to an activating group) is 1. The van der Waals surface area contributed by atoms with Crippen LogP contribution in [0.2, 0.25) is 13.1 Å². The lowest BCUT2D eigenvalue weighted by Crippen LogP contribution is -2.51. The molecule has 1 aliphatic heterocycles. The van der Waals surface area contributed by atoms with Crippen molar-refractivity contribution in [3.63, 3.8) is 0 Å². The molecule has 0 aliphatic carbocycles. The summed E-state index contributed by atoms with van der Waals surface area (Å²) in [5.41, 5.74) is 0. The maximum absolute atomic E-state index is 2.60. The number of rotatable bonds is 3. The highest BCUT2D eigenvalue weighted by Crippen LogP contribution is 2.09. The van der Waals surface area contributed by atoms with Crippen molar-refractivity contribution in [2.24, 2.45) is 0 Å². The molecule has 0 saturated carbocycles. The van der Waals surface area contributed by atoms with Gasteiger partial charge in [-0.1, -0.05) is 48.6 Å². The van der Waals surface area contributed by atoms with Crippen molar-refractivity contribution >= 4 is 13.3 Å². The van der Waals surface area contributed by atoms with Crippen molar-refractivity contribution in [1.29, 1.82) is 0 Å². The molecule has 1 aliphatic rings. The van der Waals surface area contributed by atoms with Crippen LogP contribution in [-0.4, -0.2) is 50.8 Å². The summed E-state index contributed by atoms with van der Waals surface area (Å²) in [5, 5.41) is 1.57. The summed E-state index contributed by atoms with van der Waals surface area (Å²) in [6, 6.07) is 11.0. The summed E-state index contributed by atoms with van der Waals surface area (Å²) in [4.78, 5) is 4.99. The Bertz CT molecular complexity index is 337. The van der Waals surface area contributed by atoms with E-state index in [1.165, 1.54) is 19.3 Å². The molecular formula is C13H22N2Si. The minimum absolute atomic E-state index is 1.14. The van der Waals surface area contributed by atoms with E-state index in [9.17, 15) is 0 Å². The Kier molecular flexibility index (Phi) is 3.47. The molecule has 1 heterocycles. The molecule has 1 saturated heterocycles. The van der Waals surface area contributed by atoms with Crippen molar-refractivity contribution in [3.05, 3.63) is 30.3 Å². The zero-order chi connectivity index (χ0) is 11.6. The first kappa shape index (κ1) is 11.8. The van der Waals surface area contributed by atoms with Gasteiger partial charge in [0.1, 0.15) is 0 Å². The lowest BCUT2D eigenvalue weighted by molar-refractivity contribution is 0.303. The van der Waals surface area contributed by atoms with Crippen molar-refractivity contribution < 1.29 is 0 Å². The predicted molar refractivity (Wildman–Crippen MR) is 72.6 cm³/mol. The molecule has 0 radical (unpaired) electrons. The highest BCUT2D eigenvalue weighted by atomic mass is 28.3. The van der Waals surface area contributed by atoms with E-state index in [-0.39, 0.29) is 0 Å². The van der Waals surface area contributed by atoms with Crippen molar-refractivity contribution in [2.45, 2.75) is 13.1 Å². The fraction of sp³-hybridized carbons (Fsp3) is 0.538. The van der Waals surface area contributed by atoms with Crippen LogP contribution in [0.15, 0.2) is 30.3 Å². The molecular weight excluding hydrogens is 212 g/mol. The topological polar surface area (TPSA) is 6.48 Å². The van der Waals surface area contributed by atoms with Gasteiger partial charge >= 0.3 is 0 Å². The number of nitrogens with zero attached hydrogens (tertiary/aromatic N) is 2. The van der Waals surface area contributed by atoms with Gasteiger partial charge in [-0.2, -0.15) is 0 Å². The summed E-state index contributed by atoms with van der Waals surface area (Å²) in [6.07, 6.45) is 1.28. The van der Waals surface area contributed by atoms with E-state index in [4.69, 9.17) is 0 Å². The lowest BCUT2D eigenvalue weighted by atomic mass is 10.4. The third-order valence-corrected chi connectivity index (χ3v) is 6.55. The predicted octanol–water partition coefficient (Wildman–Crippen LogP) is 1.35. The summed E-state index contributed by atoms with van der Waals surface area (Å²) in [6.45, 7) is 8.55. The van der Waals surface area contributed by atoms with Crippen molar-refractivity contribution in [2.75, 3.05) is 33.0 Å². The molecule has 1 aromatic rings. The third-order valence-electron chi connectivity index (χ3n) is 3.41. The molecule has 0 atom stereocenters. The van der Waals surface area contributed by atoms with Gasteiger partial charge in [-0.3, -0.25) is 9.80 Å². The van der Waals surface area contributed by atoms with Crippen LogP contribution in [0.25, 0.3) is 0 Å². The van der Waals surface area contributed by atoms with E-state index in [0.29, 0.717) is 0 Å². The molecule has 16 heavy (non-hydrogen) atoms. The third kappa shape index (κ3) is 2.73. The maximum atomic E-state index is 2.60. The van der Waals surface area contributed by atoms with E-state index >= 15 is 0 Å². The van der Waals surface area contributed by atoms with E-state index in [0.717, 1.165) is 6.67 Å². The largest absolute Gasteiger partial charge is 0.292 e.